The second-order valence-corrected chi connectivity index (χ2v) is 5.35. The van der Waals surface area contributed by atoms with E-state index in [0.29, 0.717) is 13.0 Å². The molecule has 2 heterocycles. The highest BCUT2D eigenvalue weighted by Crippen LogP contribution is 2.21. The van der Waals surface area contributed by atoms with E-state index in [9.17, 15) is 4.79 Å². The van der Waals surface area contributed by atoms with Gasteiger partial charge < -0.3 is 15.1 Å². The second kappa shape index (κ2) is 7.97. The fourth-order valence-electron chi connectivity index (χ4n) is 2.50. The zero-order valence-corrected chi connectivity index (χ0v) is 13.2. The highest BCUT2D eigenvalue weighted by Gasteiger charge is 2.16. The molecule has 0 bridgehead atoms. The largest absolute Gasteiger partial charge is 0.469 e. The fourth-order valence-corrected chi connectivity index (χ4v) is 2.50. The number of aromatic nitrogens is 1. The molecule has 122 valence electrons. The van der Waals surface area contributed by atoms with Crippen LogP contribution in [0.5, 0.6) is 0 Å². The number of amides is 2. The Bertz CT molecular complexity index is 703. The molecule has 1 unspecified atom stereocenters. The molecule has 0 radical (unpaired) electrons. The first-order valence-electron chi connectivity index (χ1n) is 7.84. The average Bonchev–Trinajstić information content (AvgIpc) is 3.15. The van der Waals surface area contributed by atoms with E-state index in [-0.39, 0.29) is 12.1 Å². The minimum atomic E-state index is -0.224. The monoisotopic (exact) mass is 321 g/mol. The zero-order valence-electron chi connectivity index (χ0n) is 13.2. The Morgan fingerprint density at radius 1 is 1.00 bits per heavy atom. The molecule has 24 heavy (non-hydrogen) atoms. The van der Waals surface area contributed by atoms with Crippen molar-refractivity contribution in [2.24, 2.45) is 0 Å². The molecule has 0 saturated carbocycles. The van der Waals surface area contributed by atoms with Gasteiger partial charge in [0.2, 0.25) is 0 Å². The maximum atomic E-state index is 12.3. The van der Waals surface area contributed by atoms with Gasteiger partial charge in [-0.1, -0.05) is 30.3 Å². The summed E-state index contributed by atoms with van der Waals surface area (Å²) < 4.78 is 5.26. The number of hydrogen-bond donors (Lipinski definition) is 2. The Labute approximate surface area is 140 Å². The van der Waals surface area contributed by atoms with E-state index in [1.54, 1.807) is 18.7 Å². The standard InChI is InChI=1S/C19H19N3O2/c23-19(21-13-10-17-7-4-14-24-17)22-18(15-5-2-1-3-6-15)16-8-11-20-12-9-16/h1-9,11-12,14,18H,10,13H2,(H2,21,22,23). The number of benzene rings is 1. The van der Waals surface area contributed by atoms with E-state index in [2.05, 4.69) is 15.6 Å². The van der Waals surface area contributed by atoms with Crippen LogP contribution in [0.1, 0.15) is 22.9 Å². The van der Waals surface area contributed by atoms with Gasteiger partial charge in [0, 0.05) is 25.4 Å². The molecule has 5 heteroatoms. The number of urea groups is 1. The lowest BCUT2D eigenvalue weighted by Crippen LogP contribution is -2.39. The summed E-state index contributed by atoms with van der Waals surface area (Å²) in [5.74, 6) is 0.851. The number of nitrogens with zero attached hydrogens (tertiary/aromatic N) is 1. The minimum Gasteiger partial charge on any atom is -0.469 e. The first-order chi connectivity index (χ1) is 11.8. The number of hydrogen-bond acceptors (Lipinski definition) is 3. The van der Waals surface area contributed by atoms with E-state index < -0.39 is 0 Å². The van der Waals surface area contributed by atoms with Crippen LogP contribution in [-0.2, 0) is 6.42 Å². The van der Waals surface area contributed by atoms with Crippen molar-refractivity contribution in [1.82, 2.24) is 15.6 Å². The van der Waals surface area contributed by atoms with Gasteiger partial charge in [-0.05, 0) is 35.4 Å². The van der Waals surface area contributed by atoms with Crippen LogP contribution in [0, 0.1) is 0 Å². The summed E-state index contributed by atoms with van der Waals surface area (Å²) in [7, 11) is 0. The van der Waals surface area contributed by atoms with Crippen molar-refractivity contribution in [3.05, 3.63) is 90.1 Å². The predicted octanol–water partition coefficient (Wildman–Crippen LogP) is 3.31. The summed E-state index contributed by atoms with van der Waals surface area (Å²) in [4.78, 5) is 16.3. The number of nitrogens with one attached hydrogen (secondary N) is 2. The molecule has 0 aliphatic heterocycles. The molecule has 0 saturated heterocycles. The van der Waals surface area contributed by atoms with Crippen LogP contribution >= 0.6 is 0 Å². The van der Waals surface area contributed by atoms with Gasteiger partial charge in [-0.2, -0.15) is 0 Å². The summed E-state index contributed by atoms with van der Waals surface area (Å²) >= 11 is 0. The number of carbonyl (C=O) groups excluding carboxylic acids is 1. The first-order valence-corrected chi connectivity index (χ1v) is 7.84. The van der Waals surface area contributed by atoms with Crippen molar-refractivity contribution in [3.63, 3.8) is 0 Å². The van der Waals surface area contributed by atoms with Crippen molar-refractivity contribution >= 4 is 6.03 Å². The van der Waals surface area contributed by atoms with E-state index in [4.69, 9.17) is 4.42 Å². The van der Waals surface area contributed by atoms with Gasteiger partial charge in [-0.3, -0.25) is 4.98 Å². The Kier molecular flexibility index (Phi) is 5.24. The normalized spacial score (nSPS) is 11.7. The van der Waals surface area contributed by atoms with E-state index in [1.165, 1.54) is 0 Å². The molecule has 5 nitrogen and oxygen atoms in total. The number of rotatable bonds is 6. The van der Waals surface area contributed by atoms with Crippen molar-refractivity contribution in [1.29, 1.82) is 0 Å². The van der Waals surface area contributed by atoms with Gasteiger partial charge in [0.25, 0.3) is 0 Å². The third-order valence-corrected chi connectivity index (χ3v) is 3.68. The number of carbonyl (C=O) groups is 1. The van der Waals surface area contributed by atoms with Crippen LogP contribution in [0.15, 0.2) is 77.7 Å². The summed E-state index contributed by atoms with van der Waals surface area (Å²) in [6.07, 6.45) is 5.74. The van der Waals surface area contributed by atoms with E-state index in [1.807, 2.05) is 54.6 Å². The van der Waals surface area contributed by atoms with Gasteiger partial charge in [0.15, 0.2) is 0 Å². The highest BCUT2D eigenvalue weighted by molar-refractivity contribution is 5.75. The van der Waals surface area contributed by atoms with Crippen LogP contribution in [0.4, 0.5) is 4.79 Å². The van der Waals surface area contributed by atoms with Crippen molar-refractivity contribution in [2.75, 3.05) is 6.54 Å². The lowest BCUT2D eigenvalue weighted by molar-refractivity contribution is 0.238. The molecule has 1 atom stereocenters. The molecule has 0 aliphatic carbocycles. The topological polar surface area (TPSA) is 67.2 Å². The fraction of sp³-hybridized carbons (Fsp3) is 0.158. The zero-order chi connectivity index (χ0) is 16.6. The van der Waals surface area contributed by atoms with Crippen molar-refractivity contribution in [3.8, 4) is 0 Å². The molecule has 0 aliphatic rings. The SMILES string of the molecule is O=C(NCCc1ccco1)NC(c1ccccc1)c1ccncc1. The molecule has 0 fully saturated rings. The average molecular weight is 321 g/mol. The molecular formula is C19H19N3O2. The highest BCUT2D eigenvalue weighted by atomic mass is 16.3. The quantitative estimate of drug-likeness (QED) is 0.732. The van der Waals surface area contributed by atoms with Gasteiger partial charge in [0.1, 0.15) is 5.76 Å². The van der Waals surface area contributed by atoms with Crippen LogP contribution in [0.2, 0.25) is 0 Å². The van der Waals surface area contributed by atoms with Crippen LogP contribution in [-0.4, -0.2) is 17.6 Å². The lowest BCUT2D eigenvalue weighted by Gasteiger charge is -2.20. The molecule has 2 N–H and O–H groups in total. The molecule has 3 rings (SSSR count). The maximum absolute atomic E-state index is 12.3. The number of pyridine rings is 1. The predicted molar refractivity (Wildman–Crippen MR) is 91.5 cm³/mol. The smallest absolute Gasteiger partial charge is 0.315 e. The van der Waals surface area contributed by atoms with Gasteiger partial charge in [-0.25, -0.2) is 4.79 Å². The van der Waals surface area contributed by atoms with Crippen molar-refractivity contribution in [2.45, 2.75) is 12.5 Å². The van der Waals surface area contributed by atoms with Crippen LogP contribution in [0.3, 0.4) is 0 Å². The number of furan rings is 1. The van der Waals surface area contributed by atoms with Gasteiger partial charge >= 0.3 is 6.03 Å². The van der Waals surface area contributed by atoms with Gasteiger partial charge in [-0.15, -0.1) is 0 Å². The molecular weight excluding hydrogens is 302 g/mol. The van der Waals surface area contributed by atoms with Gasteiger partial charge in [0.05, 0.1) is 12.3 Å². The third kappa shape index (κ3) is 4.23. The van der Waals surface area contributed by atoms with Crippen LogP contribution in [0.25, 0.3) is 0 Å². The summed E-state index contributed by atoms with van der Waals surface area (Å²) in [6.45, 7) is 0.511. The summed E-state index contributed by atoms with van der Waals surface area (Å²) in [5, 5.41) is 5.89. The minimum absolute atomic E-state index is 0.216. The Hall–Kier alpha value is -3.08. The summed E-state index contributed by atoms with van der Waals surface area (Å²) in [5.41, 5.74) is 2.00. The van der Waals surface area contributed by atoms with Crippen molar-refractivity contribution < 1.29 is 9.21 Å². The Morgan fingerprint density at radius 2 is 1.75 bits per heavy atom. The first kappa shape index (κ1) is 15.8. The molecule has 2 amide bonds. The lowest BCUT2D eigenvalue weighted by atomic mass is 10.00. The maximum Gasteiger partial charge on any atom is 0.315 e. The third-order valence-electron chi connectivity index (χ3n) is 3.68. The molecule has 0 spiro atoms. The summed E-state index contributed by atoms with van der Waals surface area (Å²) in [6, 6.07) is 17.0. The van der Waals surface area contributed by atoms with Crippen LogP contribution < -0.4 is 10.6 Å². The molecule has 3 aromatic rings. The Morgan fingerprint density at radius 3 is 2.46 bits per heavy atom. The Balaban J connectivity index is 1.64. The van der Waals surface area contributed by atoms with E-state index >= 15 is 0 Å². The second-order valence-electron chi connectivity index (χ2n) is 5.35. The molecule has 1 aromatic carbocycles. The van der Waals surface area contributed by atoms with E-state index in [0.717, 1.165) is 16.9 Å². The molecule has 2 aromatic heterocycles.